The molecule has 0 aliphatic carbocycles. The molecular formula is C20H15Cl2F5N2O3. The Morgan fingerprint density at radius 2 is 1.88 bits per heavy atom. The van der Waals surface area contributed by atoms with Crippen molar-refractivity contribution in [1.29, 1.82) is 0 Å². The molecule has 12 heteroatoms. The summed E-state index contributed by atoms with van der Waals surface area (Å²) in [5.74, 6) is -2.10. The number of aldehydes is 1. The molecular weight excluding hydrogens is 482 g/mol. The van der Waals surface area contributed by atoms with Crippen LogP contribution in [0.25, 0.3) is 0 Å². The number of nitrogens with zero attached hydrogens (tertiary/aromatic N) is 2. The van der Waals surface area contributed by atoms with Gasteiger partial charge in [0, 0.05) is 17.9 Å². The molecule has 1 aliphatic rings. The molecule has 0 fully saturated rings. The third-order valence-electron chi connectivity index (χ3n) is 4.78. The van der Waals surface area contributed by atoms with Gasteiger partial charge >= 0.3 is 6.18 Å². The summed E-state index contributed by atoms with van der Waals surface area (Å²) in [5, 5.41) is 2.37. The van der Waals surface area contributed by atoms with Crippen molar-refractivity contribution >= 4 is 41.0 Å². The Morgan fingerprint density at radius 3 is 2.44 bits per heavy atom. The summed E-state index contributed by atoms with van der Waals surface area (Å²) in [4.78, 5) is 17.2. The summed E-state index contributed by atoms with van der Waals surface area (Å²) in [6.45, 7) is 1.61. The molecule has 32 heavy (non-hydrogen) atoms. The second-order valence-electron chi connectivity index (χ2n) is 6.73. The third kappa shape index (κ3) is 4.39. The summed E-state index contributed by atoms with van der Waals surface area (Å²) in [6.07, 6.45) is -5.58. The number of hydrogen-bond acceptors (Lipinski definition) is 5. The van der Waals surface area contributed by atoms with E-state index in [0.29, 0.717) is 0 Å². The highest BCUT2D eigenvalue weighted by molar-refractivity contribution is 6.35. The van der Waals surface area contributed by atoms with Gasteiger partial charge in [-0.05, 0) is 37.3 Å². The van der Waals surface area contributed by atoms with Crippen LogP contribution in [-0.2, 0) is 15.2 Å². The number of ether oxygens (including phenoxy) is 1. The second kappa shape index (κ2) is 9.21. The predicted molar refractivity (Wildman–Crippen MR) is 108 cm³/mol. The molecule has 1 aliphatic heterocycles. The topological polar surface area (TPSA) is 51.1 Å². The fourth-order valence-corrected chi connectivity index (χ4v) is 3.58. The van der Waals surface area contributed by atoms with E-state index in [1.54, 1.807) is 6.92 Å². The molecule has 0 radical (unpaired) electrons. The maximum Gasteiger partial charge on any atom is 0.435 e. The molecule has 3 rings (SSSR count). The Bertz CT molecular complexity index is 1040. The fourth-order valence-electron chi connectivity index (χ4n) is 3.09. The molecule has 1 heterocycles. The third-order valence-corrected chi connectivity index (χ3v) is 5.33. The van der Waals surface area contributed by atoms with E-state index in [0.717, 1.165) is 24.3 Å². The number of amidine groups is 1. The van der Waals surface area contributed by atoms with Gasteiger partial charge in [0.15, 0.2) is 17.9 Å². The van der Waals surface area contributed by atoms with E-state index in [4.69, 9.17) is 32.8 Å². The summed E-state index contributed by atoms with van der Waals surface area (Å²) >= 11 is 11.4. The van der Waals surface area contributed by atoms with E-state index < -0.39 is 45.4 Å². The zero-order valence-corrected chi connectivity index (χ0v) is 17.9. The lowest BCUT2D eigenvalue weighted by Gasteiger charge is -2.30. The average molecular weight is 497 g/mol. The monoisotopic (exact) mass is 496 g/mol. The highest BCUT2D eigenvalue weighted by Crippen LogP contribution is 2.50. The van der Waals surface area contributed by atoms with Gasteiger partial charge in [-0.15, -0.1) is 0 Å². The van der Waals surface area contributed by atoms with Crippen LogP contribution in [-0.4, -0.2) is 31.6 Å². The van der Waals surface area contributed by atoms with E-state index in [-0.39, 0.29) is 36.7 Å². The van der Waals surface area contributed by atoms with Gasteiger partial charge in [0.1, 0.15) is 12.5 Å². The lowest BCUT2D eigenvalue weighted by Crippen LogP contribution is -2.44. The first-order valence-electron chi connectivity index (χ1n) is 9.11. The Morgan fingerprint density at radius 1 is 1.22 bits per heavy atom. The zero-order chi connectivity index (χ0) is 23.7. The highest BCUT2D eigenvalue weighted by atomic mass is 35.5. The van der Waals surface area contributed by atoms with Gasteiger partial charge in [-0.2, -0.15) is 13.2 Å². The molecule has 0 amide bonds. The van der Waals surface area contributed by atoms with E-state index in [2.05, 4.69) is 5.16 Å². The zero-order valence-electron chi connectivity index (χ0n) is 16.4. The van der Waals surface area contributed by atoms with Gasteiger partial charge in [-0.25, -0.2) is 8.78 Å². The molecule has 2 aromatic carbocycles. The maximum absolute atomic E-state index is 14.2. The average Bonchev–Trinajstić information content (AvgIpc) is 3.19. The lowest BCUT2D eigenvalue weighted by atomic mass is 9.89. The molecule has 0 spiro atoms. The fraction of sp³-hybridized carbons (Fsp3) is 0.300. The van der Waals surface area contributed by atoms with Gasteiger partial charge < -0.3 is 14.5 Å². The van der Waals surface area contributed by atoms with Crippen LogP contribution < -0.4 is 4.90 Å². The van der Waals surface area contributed by atoms with Crippen LogP contribution >= 0.6 is 23.2 Å². The van der Waals surface area contributed by atoms with Gasteiger partial charge in [0.05, 0.1) is 22.0 Å². The van der Waals surface area contributed by atoms with Crippen molar-refractivity contribution in [2.24, 2.45) is 5.16 Å². The predicted octanol–water partition coefficient (Wildman–Crippen LogP) is 6.08. The molecule has 0 saturated carbocycles. The lowest BCUT2D eigenvalue weighted by molar-refractivity contribution is -0.275. The largest absolute Gasteiger partial charge is 0.435 e. The van der Waals surface area contributed by atoms with E-state index in [9.17, 15) is 26.7 Å². The van der Waals surface area contributed by atoms with Crippen LogP contribution in [0.1, 0.15) is 29.3 Å². The van der Waals surface area contributed by atoms with Gasteiger partial charge in [0.2, 0.25) is 0 Å². The summed E-state index contributed by atoms with van der Waals surface area (Å²) < 4.78 is 75.4. The summed E-state index contributed by atoms with van der Waals surface area (Å²) in [5.41, 5.74) is -3.72. The van der Waals surface area contributed by atoms with E-state index in [1.807, 2.05) is 0 Å². The first-order chi connectivity index (χ1) is 15.0. The van der Waals surface area contributed by atoms with Crippen molar-refractivity contribution in [2.45, 2.75) is 25.1 Å². The first kappa shape index (κ1) is 24.2. The SMILES string of the molecule is CCOCN(C1=NOC(c2cc(Cl)c(F)c(Cl)c2)(C(F)(F)F)C1)c1ccc(F)c(C=O)c1. The molecule has 1 unspecified atom stereocenters. The number of hydrogen-bond donors (Lipinski definition) is 0. The van der Waals surface area contributed by atoms with Gasteiger partial charge in [-0.1, -0.05) is 28.4 Å². The quantitative estimate of drug-likeness (QED) is 0.210. The molecule has 0 N–H and O–H groups in total. The minimum absolute atomic E-state index is 0.150. The van der Waals surface area contributed by atoms with Crippen LogP contribution in [0.3, 0.4) is 0 Å². The number of anilines is 1. The van der Waals surface area contributed by atoms with Crippen LogP contribution in [0, 0.1) is 11.6 Å². The van der Waals surface area contributed by atoms with Crippen molar-refractivity contribution in [3.05, 3.63) is 63.1 Å². The van der Waals surface area contributed by atoms with Crippen LogP contribution in [0.5, 0.6) is 0 Å². The van der Waals surface area contributed by atoms with Crippen LogP contribution in [0.15, 0.2) is 35.5 Å². The molecule has 2 aromatic rings. The summed E-state index contributed by atoms with van der Waals surface area (Å²) in [7, 11) is 0. The molecule has 0 bridgehead atoms. The van der Waals surface area contributed by atoms with Crippen LogP contribution in [0.2, 0.25) is 10.0 Å². The number of benzene rings is 2. The molecule has 1 atom stereocenters. The minimum Gasteiger partial charge on any atom is -0.372 e. The summed E-state index contributed by atoms with van der Waals surface area (Å²) in [6, 6.07) is 4.92. The molecule has 172 valence electrons. The smallest absolute Gasteiger partial charge is 0.372 e. The van der Waals surface area contributed by atoms with Crippen LogP contribution in [0.4, 0.5) is 27.6 Å². The second-order valence-corrected chi connectivity index (χ2v) is 7.54. The van der Waals surface area contributed by atoms with Crippen molar-refractivity contribution < 1.29 is 36.3 Å². The van der Waals surface area contributed by atoms with Crippen molar-refractivity contribution in [3.8, 4) is 0 Å². The number of rotatable bonds is 6. The van der Waals surface area contributed by atoms with Gasteiger partial charge in [0.25, 0.3) is 5.60 Å². The Hall–Kier alpha value is -2.43. The van der Waals surface area contributed by atoms with Gasteiger partial charge in [-0.3, -0.25) is 4.79 Å². The Labute approximate surface area is 189 Å². The number of oxime groups is 1. The number of halogens is 7. The van der Waals surface area contributed by atoms with E-state index >= 15 is 0 Å². The maximum atomic E-state index is 14.2. The molecule has 5 nitrogen and oxygen atoms in total. The first-order valence-corrected chi connectivity index (χ1v) is 9.86. The Kier molecular flexibility index (Phi) is 6.97. The normalized spacial score (nSPS) is 18.3. The van der Waals surface area contributed by atoms with Crippen molar-refractivity contribution in [1.82, 2.24) is 0 Å². The number of carbonyl (C=O) groups excluding carboxylic acids is 1. The molecule has 0 aromatic heterocycles. The van der Waals surface area contributed by atoms with Crippen molar-refractivity contribution in [2.75, 3.05) is 18.2 Å². The molecule has 0 saturated heterocycles. The standard InChI is InChI=1S/C20H15Cl2F5N2O3/c1-2-31-10-29(13-3-4-16(23)11(5-13)9-30)17-8-19(32-28-17,20(25,26)27)12-6-14(21)18(24)15(22)7-12/h3-7,9H,2,8,10H2,1H3. The number of alkyl halides is 3. The van der Waals surface area contributed by atoms with Crippen molar-refractivity contribution in [3.63, 3.8) is 0 Å². The number of carbonyl (C=O) groups is 1. The Balaban J connectivity index is 2.05. The highest BCUT2D eigenvalue weighted by Gasteiger charge is 2.63. The van der Waals surface area contributed by atoms with E-state index in [1.165, 1.54) is 11.0 Å². The minimum atomic E-state index is -5.00.